The summed E-state index contributed by atoms with van der Waals surface area (Å²) in [5, 5.41) is 19.0. The third-order valence-corrected chi connectivity index (χ3v) is 3.26. The summed E-state index contributed by atoms with van der Waals surface area (Å²) in [6.45, 7) is -0.310. The Labute approximate surface area is 107 Å². The number of imidazole rings is 1. The minimum Gasteiger partial charge on any atom is -0.394 e. The molecule has 6 N–H and O–H groups in total. The third-order valence-electron chi connectivity index (χ3n) is 3.26. The molecule has 3 rings (SSSR count). The summed E-state index contributed by atoms with van der Waals surface area (Å²) < 4.78 is 7.10. The van der Waals surface area contributed by atoms with Gasteiger partial charge in [0.2, 0.25) is 0 Å². The van der Waals surface area contributed by atoms with Gasteiger partial charge in [-0.3, -0.25) is 4.57 Å². The van der Waals surface area contributed by atoms with Crippen LogP contribution in [0.1, 0.15) is 6.23 Å². The number of fused-ring (bicyclic) bond motifs is 1. The van der Waals surface area contributed by atoms with Crippen molar-refractivity contribution in [1.82, 2.24) is 19.5 Å². The fourth-order valence-corrected chi connectivity index (χ4v) is 2.23. The minimum absolute atomic E-state index is 0.259. The molecule has 0 aliphatic carbocycles. The van der Waals surface area contributed by atoms with Crippen LogP contribution >= 0.6 is 0 Å². The molecule has 102 valence electrons. The number of ether oxygens (including phenoxy) is 1. The van der Waals surface area contributed by atoms with Crippen molar-refractivity contribution in [3.63, 3.8) is 0 Å². The molecule has 2 aromatic heterocycles. The van der Waals surface area contributed by atoms with E-state index in [9.17, 15) is 5.11 Å². The maximum Gasteiger partial charge on any atom is 0.167 e. The van der Waals surface area contributed by atoms with Gasteiger partial charge in [0.1, 0.15) is 24.1 Å². The summed E-state index contributed by atoms with van der Waals surface area (Å²) in [4.78, 5) is 12.0. The van der Waals surface area contributed by atoms with Crippen molar-refractivity contribution in [3.05, 3.63) is 12.7 Å². The first kappa shape index (κ1) is 12.2. The second-order valence-corrected chi connectivity index (χ2v) is 4.40. The van der Waals surface area contributed by atoms with Crippen molar-refractivity contribution < 1.29 is 14.9 Å². The first-order valence-corrected chi connectivity index (χ1v) is 5.76. The molecular weight excluding hydrogens is 252 g/mol. The van der Waals surface area contributed by atoms with Crippen LogP contribution in [-0.2, 0) is 4.74 Å². The maximum atomic E-state index is 9.85. The van der Waals surface area contributed by atoms with Crippen LogP contribution in [-0.4, -0.2) is 54.6 Å². The highest BCUT2D eigenvalue weighted by molar-refractivity contribution is 5.81. The number of nitrogens with zero attached hydrogens (tertiary/aromatic N) is 4. The topological polar surface area (TPSA) is 145 Å². The molecule has 1 aliphatic rings. The zero-order valence-electron chi connectivity index (χ0n) is 9.92. The first-order chi connectivity index (χ1) is 9.13. The highest BCUT2D eigenvalue weighted by Crippen LogP contribution is 2.30. The number of nitrogen functional groups attached to an aromatic ring is 1. The van der Waals surface area contributed by atoms with E-state index in [0.717, 1.165) is 0 Å². The van der Waals surface area contributed by atoms with Crippen molar-refractivity contribution in [2.24, 2.45) is 5.73 Å². The molecule has 0 radical (unpaired) electrons. The van der Waals surface area contributed by atoms with Gasteiger partial charge in [0.25, 0.3) is 0 Å². The molecule has 0 spiro atoms. The molecule has 0 bridgehead atoms. The Kier molecular flexibility index (Phi) is 2.82. The molecule has 4 atom stereocenters. The van der Waals surface area contributed by atoms with E-state index in [2.05, 4.69) is 15.0 Å². The lowest BCUT2D eigenvalue weighted by molar-refractivity contribution is -0.0437. The molecule has 0 unspecified atom stereocenters. The molecule has 0 aromatic carbocycles. The molecule has 1 fully saturated rings. The van der Waals surface area contributed by atoms with Crippen LogP contribution in [0.4, 0.5) is 5.82 Å². The average Bonchev–Trinajstić information content (AvgIpc) is 2.94. The second-order valence-electron chi connectivity index (χ2n) is 4.40. The smallest absolute Gasteiger partial charge is 0.167 e. The van der Waals surface area contributed by atoms with Crippen molar-refractivity contribution in [2.45, 2.75) is 24.5 Å². The van der Waals surface area contributed by atoms with Crippen molar-refractivity contribution in [2.75, 3.05) is 12.3 Å². The van der Waals surface area contributed by atoms with Crippen molar-refractivity contribution >= 4 is 17.0 Å². The van der Waals surface area contributed by atoms with Crippen LogP contribution in [0.3, 0.4) is 0 Å². The normalized spacial score (nSPS) is 31.1. The third kappa shape index (κ3) is 1.75. The Bertz CT molecular complexity index is 602. The molecule has 19 heavy (non-hydrogen) atoms. The summed E-state index contributed by atoms with van der Waals surface area (Å²) in [6.07, 6.45) is 0.456. The van der Waals surface area contributed by atoms with Gasteiger partial charge in [0, 0.05) is 0 Å². The molecule has 0 amide bonds. The zero-order valence-corrected chi connectivity index (χ0v) is 9.92. The Morgan fingerprint density at radius 1 is 1.37 bits per heavy atom. The number of nitrogens with two attached hydrogens (primary N) is 2. The van der Waals surface area contributed by atoms with Gasteiger partial charge in [-0.25, -0.2) is 15.0 Å². The molecule has 9 nitrogen and oxygen atoms in total. The lowest BCUT2D eigenvalue weighted by Gasteiger charge is -2.17. The van der Waals surface area contributed by atoms with Gasteiger partial charge in [-0.1, -0.05) is 0 Å². The van der Waals surface area contributed by atoms with Gasteiger partial charge in [-0.2, -0.15) is 0 Å². The summed E-state index contributed by atoms with van der Waals surface area (Å²) in [6, 6.07) is -0.689. The van der Waals surface area contributed by atoms with Gasteiger partial charge in [0.05, 0.1) is 19.0 Å². The maximum absolute atomic E-state index is 9.85. The van der Waals surface area contributed by atoms with E-state index in [1.165, 1.54) is 12.7 Å². The highest BCUT2D eigenvalue weighted by Gasteiger charge is 2.42. The van der Waals surface area contributed by atoms with E-state index in [1.54, 1.807) is 4.57 Å². The summed E-state index contributed by atoms with van der Waals surface area (Å²) in [5.41, 5.74) is 12.5. The summed E-state index contributed by atoms with van der Waals surface area (Å²) >= 11 is 0. The van der Waals surface area contributed by atoms with Gasteiger partial charge < -0.3 is 26.4 Å². The zero-order chi connectivity index (χ0) is 13.6. The van der Waals surface area contributed by atoms with E-state index in [4.69, 9.17) is 21.3 Å². The molecule has 1 saturated heterocycles. The van der Waals surface area contributed by atoms with Crippen LogP contribution in [0.5, 0.6) is 0 Å². The number of hydrogen-bond acceptors (Lipinski definition) is 8. The molecule has 2 aromatic rings. The Balaban J connectivity index is 2.04. The van der Waals surface area contributed by atoms with E-state index in [0.29, 0.717) is 11.2 Å². The second kappa shape index (κ2) is 4.38. The number of anilines is 1. The van der Waals surface area contributed by atoms with Crippen LogP contribution in [0.2, 0.25) is 0 Å². The number of aliphatic hydroxyl groups excluding tert-OH is 2. The number of aromatic nitrogens is 4. The molecule has 1 aliphatic heterocycles. The lowest BCUT2D eigenvalue weighted by Crippen LogP contribution is -2.39. The Morgan fingerprint density at radius 2 is 2.16 bits per heavy atom. The predicted molar refractivity (Wildman–Crippen MR) is 64.7 cm³/mol. The lowest BCUT2D eigenvalue weighted by atomic mass is 10.1. The fourth-order valence-electron chi connectivity index (χ4n) is 2.23. The van der Waals surface area contributed by atoms with E-state index in [1.807, 2.05) is 0 Å². The molecule has 9 heteroatoms. The fraction of sp³-hybridized carbons (Fsp3) is 0.500. The molecular formula is C10H14N6O3. The van der Waals surface area contributed by atoms with Crippen LogP contribution < -0.4 is 11.5 Å². The van der Waals surface area contributed by atoms with Crippen LogP contribution in [0, 0.1) is 0 Å². The first-order valence-electron chi connectivity index (χ1n) is 5.76. The van der Waals surface area contributed by atoms with E-state index >= 15 is 0 Å². The molecule has 0 saturated carbocycles. The van der Waals surface area contributed by atoms with E-state index in [-0.39, 0.29) is 12.4 Å². The van der Waals surface area contributed by atoms with Gasteiger partial charge in [-0.15, -0.1) is 0 Å². The number of rotatable bonds is 2. The molecule has 3 heterocycles. The summed E-state index contributed by atoms with van der Waals surface area (Å²) in [5.74, 6) is 0.259. The van der Waals surface area contributed by atoms with Gasteiger partial charge in [0.15, 0.2) is 17.7 Å². The van der Waals surface area contributed by atoms with Crippen molar-refractivity contribution in [1.29, 1.82) is 0 Å². The van der Waals surface area contributed by atoms with Crippen LogP contribution in [0.25, 0.3) is 11.2 Å². The Morgan fingerprint density at radius 3 is 2.84 bits per heavy atom. The number of aliphatic hydroxyl groups is 2. The predicted octanol–water partition coefficient (Wildman–Crippen LogP) is -2.01. The van der Waals surface area contributed by atoms with Gasteiger partial charge >= 0.3 is 0 Å². The van der Waals surface area contributed by atoms with Crippen molar-refractivity contribution in [3.8, 4) is 0 Å². The SMILES string of the molecule is Nc1ncnc2c1ncn2[C@@H]1O[C@H](CO)[C@@H](O)[C@@H]1N. The minimum atomic E-state index is -0.952. The average molecular weight is 266 g/mol. The quantitative estimate of drug-likeness (QED) is 0.487. The monoisotopic (exact) mass is 266 g/mol. The van der Waals surface area contributed by atoms with Gasteiger partial charge in [-0.05, 0) is 0 Å². The number of hydrogen-bond donors (Lipinski definition) is 4. The Hall–Kier alpha value is -1.81. The largest absolute Gasteiger partial charge is 0.394 e. The van der Waals surface area contributed by atoms with E-state index < -0.39 is 24.5 Å². The highest BCUT2D eigenvalue weighted by atomic mass is 16.5. The standard InChI is InChI=1S/C10H14N6O3/c11-5-7(18)4(1-17)19-10(5)16-3-15-6-8(12)13-2-14-9(6)16/h2-5,7,10,17-18H,1,11H2,(H2,12,13,14)/t4-,5+,7-,10-/m1/s1. The van der Waals surface area contributed by atoms with Crippen LogP contribution in [0.15, 0.2) is 12.7 Å². The summed E-state index contributed by atoms with van der Waals surface area (Å²) in [7, 11) is 0.